The van der Waals surface area contributed by atoms with Crippen LogP contribution in [-0.2, 0) is 0 Å². The van der Waals surface area contributed by atoms with Gasteiger partial charge in [0.1, 0.15) is 0 Å². The summed E-state index contributed by atoms with van der Waals surface area (Å²) in [7, 11) is 0. The van der Waals surface area contributed by atoms with Crippen LogP contribution in [0, 0.1) is 6.92 Å². The molecule has 1 rings (SSSR count). The van der Waals surface area contributed by atoms with E-state index in [1.54, 1.807) is 0 Å². The van der Waals surface area contributed by atoms with Crippen molar-refractivity contribution in [3.05, 3.63) is 34.3 Å². The predicted octanol–water partition coefficient (Wildman–Crippen LogP) is 3.10. The molecule has 0 aliphatic rings. The summed E-state index contributed by atoms with van der Waals surface area (Å²) in [6.45, 7) is 4.97. The van der Waals surface area contributed by atoms with Crippen molar-refractivity contribution in [3.8, 4) is 0 Å². The second-order valence-corrected chi connectivity index (χ2v) is 3.86. The van der Waals surface area contributed by atoms with Crippen molar-refractivity contribution in [2.45, 2.75) is 26.2 Å². The molecule has 0 aliphatic carbocycles. The van der Waals surface area contributed by atoms with E-state index in [-0.39, 0.29) is 0 Å². The van der Waals surface area contributed by atoms with Gasteiger partial charge in [-0.2, -0.15) is 0 Å². The molecule has 2 N–H and O–H groups in total. The second kappa shape index (κ2) is 4.64. The van der Waals surface area contributed by atoms with Crippen LogP contribution in [0.15, 0.2) is 18.2 Å². The van der Waals surface area contributed by atoms with E-state index in [1.807, 2.05) is 12.1 Å². The molecule has 1 unspecified atom stereocenters. The minimum Gasteiger partial charge on any atom is -0.330 e. The van der Waals surface area contributed by atoms with Gasteiger partial charge in [-0.25, -0.2) is 0 Å². The second-order valence-electron chi connectivity index (χ2n) is 3.45. The molecule has 0 fully saturated rings. The molecule has 1 nitrogen and oxygen atoms in total. The van der Waals surface area contributed by atoms with Crippen LogP contribution in [0.1, 0.15) is 30.4 Å². The van der Waals surface area contributed by atoms with Crippen molar-refractivity contribution < 1.29 is 0 Å². The van der Waals surface area contributed by atoms with Crippen LogP contribution in [0.25, 0.3) is 0 Å². The van der Waals surface area contributed by atoms with Gasteiger partial charge in [-0.1, -0.05) is 30.7 Å². The fourth-order valence-corrected chi connectivity index (χ4v) is 2.07. The van der Waals surface area contributed by atoms with E-state index >= 15 is 0 Å². The molecule has 0 aromatic heterocycles. The van der Waals surface area contributed by atoms with Gasteiger partial charge in [-0.05, 0) is 43.0 Å². The van der Waals surface area contributed by atoms with Crippen molar-refractivity contribution in [1.82, 2.24) is 0 Å². The van der Waals surface area contributed by atoms with Gasteiger partial charge >= 0.3 is 0 Å². The van der Waals surface area contributed by atoms with E-state index in [0.717, 1.165) is 11.4 Å². The largest absolute Gasteiger partial charge is 0.330 e. The number of halogens is 1. The average molecular weight is 198 g/mol. The smallest absolute Gasteiger partial charge is 0.0443 e. The van der Waals surface area contributed by atoms with E-state index in [2.05, 4.69) is 19.9 Å². The molecule has 2 heteroatoms. The van der Waals surface area contributed by atoms with Crippen molar-refractivity contribution in [3.63, 3.8) is 0 Å². The lowest BCUT2D eigenvalue weighted by Gasteiger charge is -2.15. The zero-order chi connectivity index (χ0) is 9.84. The fraction of sp³-hybridized carbons (Fsp3) is 0.455. The van der Waals surface area contributed by atoms with Crippen molar-refractivity contribution in [2.24, 2.45) is 5.73 Å². The summed E-state index contributed by atoms with van der Waals surface area (Å²) in [5, 5.41) is 0.862. The maximum Gasteiger partial charge on any atom is 0.0443 e. The van der Waals surface area contributed by atoms with Crippen LogP contribution < -0.4 is 5.73 Å². The molecule has 0 radical (unpaired) electrons. The molecule has 1 aromatic rings. The molecule has 0 aliphatic heterocycles. The molecule has 0 saturated carbocycles. The van der Waals surface area contributed by atoms with Crippen molar-refractivity contribution in [2.75, 3.05) is 6.54 Å². The molecular weight excluding hydrogens is 182 g/mol. The first-order chi connectivity index (χ1) is 6.16. The van der Waals surface area contributed by atoms with E-state index in [0.29, 0.717) is 12.5 Å². The highest BCUT2D eigenvalue weighted by molar-refractivity contribution is 6.31. The quantitative estimate of drug-likeness (QED) is 0.792. The Morgan fingerprint density at radius 1 is 1.46 bits per heavy atom. The molecule has 1 atom stereocenters. The highest BCUT2D eigenvalue weighted by Gasteiger charge is 2.10. The first-order valence-electron chi connectivity index (χ1n) is 4.62. The zero-order valence-corrected chi connectivity index (χ0v) is 8.93. The lowest BCUT2D eigenvalue weighted by molar-refractivity contribution is 0.686. The Kier molecular flexibility index (Phi) is 3.76. The van der Waals surface area contributed by atoms with Crippen LogP contribution in [0.3, 0.4) is 0 Å². The molecule has 0 bridgehead atoms. The number of nitrogens with two attached hydrogens (primary N) is 1. The van der Waals surface area contributed by atoms with E-state index in [4.69, 9.17) is 17.3 Å². The first kappa shape index (κ1) is 10.6. The van der Waals surface area contributed by atoms with E-state index < -0.39 is 0 Å². The fourth-order valence-electron chi connectivity index (χ4n) is 1.66. The van der Waals surface area contributed by atoms with Gasteiger partial charge in [0.25, 0.3) is 0 Å². The first-order valence-corrected chi connectivity index (χ1v) is 4.99. The van der Waals surface area contributed by atoms with Crippen LogP contribution in [0.4, 0.5) is 0 Å². The van der Waals surface area contributed by atoms with Crippen molar-refractivity contribution in [1.29, 1.82) is 0 Å². The summed E-state index contributed by atoms with van der Waals surface area (Å²) in [6, 6.07) is 6.02. The summed E-state index contributed by atoms with van der Waals surface area (Å²) < 4.78 is 0. The molecule has 0 spiro atoms. The third-order valence-corrected chi connectivity index (χ3v) is 2.69. The number of benzene rings is 1. The van der Waals surface area contributed by atoms with Gasteiger partial charge in [0, 0.05) is 5.02 Å². The van der Waals surface area contributed by atoms with Crippen molar-refractivity contribution >= 4 is 11.6 Å². The van der Waals surface area contributed by atoms with Gasteiger partial charge in [-0.3, -0.25) is 0 Å². The Hall–Kier alpha value is -0.530. The topological polar surface area (TPSA) is 26.0 Å². The van der Waals surface area contributed by atoms with Gasteiger partial charge in [-0.15, -0.1) is 0 Å². The highest BCUT2D eigenvalue weighted by atomic mass is 35.5. The van der Waals surface area contributed by atoms with Crippen LogP contribution in [-0.4, -0.2) is 6.54 Å². The van der Waals surface area contributed by atoms with Gasteiger partial charge in [0.2, 0.25) is 0 Å². The summed E-state index contributed by atoms with van der Waals surface area (Å²) >= 11 is 6.12. The molecule has 0 amide bonds. The number of aryl methyl sites for hydroxylation is 1. The van der Waals surface area contributed by atoms with Crippen LogP contribution in [0.2, 0.25) is 5.02 Å². The molecule has 0 saturated heterocycles. The third-order valence-electron chi connectivity index (χ3n) is 2.36. The maximum atomic E-state index is 6.12. The third kappa shape index (κ3) is 2.45. The lowest BCUT2D eigenvalue weighted by Crippen LogP contribution is -2.06. The molecule has 1 aromatic carbocycles. The minimum atomic E-state index is 0.457. The highest BCUT2D eigenvalue weighted by Crippen LogP contribution is 2.29. The molecule has 72 valence electrons. The summed E-state index contributed by atoms with van der Waals surface area (Å²) in [4.78, 5) is 0. The molecule has 13 heavy (non-hydrogen) atoms. The zero-order valence-electron chi connectivity index (χ0n) is 8.18. The molecular formula is C11H16ClN. The monoisotopic (exact) mass is 197 g/mol. The Morgan fingerprint density at radius 3 is 2.69 bits per heavy atom. The van der Waals surface area contributed by atoms with Crippen LogP contribution in [0.5, 0.6) is 0 Å². The van der Waals surface area contributed by atoms with Gasteiger partial charge in [0.15, 0.2) is 0 Å². The van der Waals surface area contributed by atoms with Gasteiger partial charge in [0.05, 0.1) is 0 Å². The predicted molar refractivity (Wildman–Crippen MR) is 58.3 cm³/mol. The summed E-state index contributed by atoms with van der Waals surface area (Å²) in [5.41, 5.74) is 8.03. The Morgan fingerprint density at radius 2 is 2.15 bits per heavy atom. The minimum absolute atomic E-state index is 0.457. The average Bonchev–Trinajstić information content (AvgIpc) is 2.04. The molecule has 0 heterocycles. The Bertz CT molecular complexity index is 263. The maximum absolute atomic E-state index is 6.12. The summed E-state index contributed by atoms with van der Waals surface area (Å²) in [6.07, 6.45) is 0.991. The lowest BCUT2D eigenvalue weighted by atomic mass is 9.94. The number of hydrogen-bond acceptors (Lipinski definition) is 1. The van der Waals surface area contributed by atoms with E-state index in [9.17, 15) is 0 Å². The SMILES string of the molecule is Cc1cccc(Cl)c1C(C)CCN. The number of hydrogen-bond donors (Lipinski definition) is 1. The number of rotatable bonds is 3. The Labute approximate surface area is 84.9 Å². The van der Waals surface area contributed by atoms with E-state index in [1.165, 1.54) is 11.1 Å². The summed E-state index contributed by atoms with van der Waals surface area (Å²) in [5.74, 6) is 0.457. The normalized spacial score (nSPS) is 12.9. The Balaban J connectivity index is 2.98. The van der Waals surface area contributed by atoms with Gasteiger partial charge < -0.3 is 5.73 Å². The standard InChI is InChI=1S/C11H16ClN/c1-8-4-3-5-10(12)11(8)9(2)6-7-13/h3-5,9H,6-7,13H2,1-2H3. The van der Waals surface area contributed by atoms with Crippen LogP contribution >= 0.6 is 11.6 Å².